The number of rotatable bonds is 10. The number of carbonyl (C=O) groups excluding carboxylic acids is 5. The first kappa shape index (κ1) is 28.9. The molecular weight excluding hydrogens is 552 g/mol. The maximum absolute atomic E-state index is 13.0. The predicted octanol–water partition coefficient (Wildman–Crippen LogP) is -1.63. The number of imide groups is 1. The highest BCUT2D eigenvalue weighted by molar-refractivity contribution is 7.84. The molecule has 0 radical (unpaired) electrons. The molecule has 17 nitrogen and oxygen atoms in total. The van der Waals surface area contributed by atoms with E-state index in [9.17, 15) is 36.9 Å². The van der Waals surface area contributed by atoms with Crippen molar-refractivity contribution in [3.63, 3.8) is 0 Å². The van der Waals surface area contributed by atoms with Gasteiger partial charge in [-0.15, -0.1) is 11.3 Å². The molecule has 0 bridgehead atoms. The van der Waals surface area contributed by atoms with Gasteiger partial charge in [-0.3, -0.25) is 28.6 Å². The number of nitrogens with two attached hydrogens (primary N) is 1. The molecule has 2 saturated heterocycles. The number of nitrogens with one attached hydrogen (secondary N) is 1. The molecule has 0 aromatic carbocycles. The molecular formula is C19H24N6O11S2. The Bertz CT molecular complexity index is 1270. The summed E-state index contributed by atoms with van der Waals surface area (Å²) in [7, 11) is -5.08. The Morgan fingerprint density at radius 1 is 1.26 bits per heavy atom. The van der Waals surface area contributed by atoms with Gasteiger partial charge < -0.3 is 20.6 Å². The average Bonchev–Trinajstić information content (AvgIpc) is 3.34. The van der Waals surface area contributed by atoms with E-state index in [0.717, 1.165) is 11.3 Å². The van der Waals surface area contributed by atoms with Crippen molar-refractivity contribution in [2.75, 3.05) is 18.9 Å². The third kappa shape index (κ3) is 6.79. The summed E-state index contributed by atoms with van der Waals surface area (Å²) in [5.41, 5.74) is 4.19. The van der Waals surface area contributed by atoms with E-state index < -0.39 is 76.5 Å². The van der Waals surface area contributed by atoms with E-state index in [1.807, 2.05) is 0 Å². The summed E-state index contributed by atoms with van der Waals surface area (Å²) in [4.78, 5) is 74.8. The standard InChI is InChI=1S/C19H24N6O11S2/c1-19(2,3)36-13(28)7-34-23-14(9-8-37-18(20)21-9)16(29)22-15-10(25(17(15)30)38(31,32)33)6-35-24-11(26)4-5-12(24)27/h8,10,15H,4-7H2,1-3H3,(H2,20,21)(H,22,29)(H,31,32,33). The fraction of sp³-hybridized carbons (Fsp3) is 0.526. The van der Waals surface area contributed by atoms with Crippen molar-refractivity contribution in [2.45, 2.75) is 51.3 Å². The molecule has 2 fully saturated rings. The number of hydroxylamine groups is 2. The number of carbonyl (C=O) groups is 5. The van der Waals surface area contributed by atoms with Gasteiger partial charge in [-0.1, -0.05) is 5.16 Å². The number of thiazole rings is 1. The molecule has 4 amide bonds. The SMILES string of the molecule is CC(C)(C)OC(=O)CON=C(C(=O)NC1C(=O)N(S(=O)(=O)O)C1CON1C(=O)CCC1=O)c1csc(N)n1. The number of hydrogen-bond donors (Lipinski definition) is 3. The van der Waals surface area contributed by atoms with Crippen LogP contribution in [0.1, 0.15) is 39.3 Å². The van der Waals surface area contributed by atoms with Gasteiger partial charge in [-0.05, 0) is 20.8 Å². The average molecular weight is 577 g/mol. The van der Waals surface area contributed by atoms with Crippen LogP contribution in [0, 0.1) is 0 Å². The van der Waals surface area contributed by atoms with Crippen molar-refractivity contribution < 1.29 is 51.4 Å². The number of hydrogen-bond acceptors (Lipinski definition) is 14. The Labute approximate surface area is 219 Å². The summed E-state index contributed by atoms with van der Waals surface area (Å²) < 4.78 is 37.9. The van der Waals surface area contributed by atoms with Crippen LogP contribution in [0.2, 0.25) is 0 Å². The second kappa shape index (κ2) is 11.0. The smallest absolute Gasteiger partial charge is 0.362 e. The van der Waals surface area contributed by atoms with E-state index in [4.69, 9.17) is 20.1 Å². The van der Waals surface area contributed by atoms with Crippen LogP contribution in [-0.2, 0) is 48.7 Å². The van der Waals surface area contributed by atoms with E-state index in [1.54, 1.807) is 20.8 Å². The van der Waals surface area contributed by atoms with Crippen molar-refractivity contribution >= 4 is 62.1 Å². The first-order valence-electron chi connectivity index (χ1n) is 10.8. The van der Waals surface area contributed by atoms with Gasteiger partial charge in [0.15, 0.2) is 10.8 Å². The van der Waals surface area contributed by atoms with E-state index in [-0.39, 0.29) is 28.0 Å². The fourth-order valence-electron chi connectivity index (χ4n) is 3.31. The van der Waals surface area contributed by atoms with Crippen LogP contribution in [0.4, 0.5) is 5.13 Å². The number of nitrogen functional groups attached to an aromatic ring is 1. The molecule has 3 heterocycles. The van der Waals surface area contributed by atoms with Crippen molar-refractivity contribution in [3.8, 4) is 0 Å². The highest BCUT2D eigenvalue weighted by Crippen LogP contribution is 2.25. The highest BCUT2D eigenvalue weighted by Gasteiger charge is 2.55. The van der Waals surface area contributed by atoms with Crippen LogP contribution in [-0.4, -0.2) is 93.5 Å². The Kier molecular flexibility index (Phi) is 8.34. The zero-order valence-electron chi connectivity index (χ0n) is 20.3. The minimum atomic E-state index is -5.08. The number of anilines is 1. The number of esters is 1. The minimum absolute atomic E-state index is 0.0274. The van der Waals surface area contributed by atoms with Gasteiger partial charge in [0.2, 0.25) is 6.61 Å². The molecule has 2 atom stereocenters. The molecule has 0 spiro atoms. The van der Waals surface area contributed by atoms with Crippen molar-refractivity contribution in [3.05, 3.63) is 11.1 Å². The summed E-state index contributed by atoms with van der Waals surface area (Å²) in [5, 5.41) is 7.63. The van der Waals surface area contributed by atoms with Crippen LogP contribution in [0.25, 0.3) is 0 Å². The third-order valence-electron chi connectivity index (χ3n) is 4.82. The van der Waals surface area contributed by atoms with Crippen LogP contribution in [0.5, 0.6) is 0 Å². The Hall–Kier alpha value is -3.68. The topological polar surface area (TPSA) is 237 Å². The second-order valence-electron chi connectivity index (χ2n) is 8.88. The first-order chi connectivity index (χ1) is 17.6. The number of ether oxygens (including phenoxy) is 1. The molecule has 4 N–H and O–H groups in total. The molecule has 2 aliphatic rings. The number of amides is 4. The number of aromatic nitrogens is 1. The van der Waals surface area contributed by atoms with E-state index in [1.165, 1.54) is 5.38 Å². The van der Waals surface area contributed by atoms with Crippen molar-refractivity contribution in [2.24, 2.45) is 5.16 Å². The summed E-state index contributed by atoms with van der Waals surface area (Å²) in [5.74, 6) is -4.49. The van der Waals surface area contributed by atoms with Gasteiger partial charge in [0.25, 0.3) is 23.6 Å². The van der Waals surface area contributed by atoms with Gasteiger partial charge in [0.05, 0.1) is 6.61 Å². The molecule has 3 rings (SSSR count). The van der Waals surface area contributed by atoms with Crippen LogP contribution >= 0.6 is 11.3 Å². The van der Waals surface area contributed by atoms with Crippen LogP contribution in [0.3, 0.4) is 0 Å². The van der Waals surface area contributed by atoms with E-state index >= 15 is 0 Å². The van der Waals surface area contributed by atoms with Crippen LogP contribution < -0.4 is 11.1 Å². The largest absolute Gasteiger partial charge is 0.457 e. The molecule has 0 saturated carbocycles. The van der Waals surface area contributed by atoms with E-state index in [0.29, 0.717) is 5.06 Å². The number of nitrogens with zero attached hydrogens (tertiary/aromatic N) is 4. The molecule has 2 aliphatic heterocycles. The maximum Gasteiger partial charge on any atom is 0.362 e. The van der Waals surface area contributed by atoms with Crippen molar-refractivity contribution in [1.29, 1.82) is 0 Å². The third-order valence-corrected chi connectivity index (χ3v) is 6.44. The molecule has 38 heavy (non-hydrogen) atoms. The second-order valence-corrected chi connectivity index (χ2v) is 11.1. The molecule has 1 aromatic rings. The molecule has 2 unspecified atom stereocenters. The van der Waals surface area contributed by atoms with E-state index in [2.05, 4.69) is 15.5 Å². The van der Waals surface area contributed by atoms with Gasteiger partial charge in [-0.2, -0.15) is 13.5 Å². The van der Waals surface area contributed by atoms with Crippen molar-refractivity contribution in [1.82, 2.24) is 19.7 Å². The maximum atomic E-state index is 13.0. The summed E-state index contributed by atoms with van der Waals surface area (Å²) in [6.07, 6.45) is -0.241. The Morgan fingerprint density at radius 3 is 2.42 bits per heavy atom. The summed E-state index contributed by atoms with van der Waals surface area (Å²) in [6.45, 7) is 3.46. The Morgan fingerprint density at radius 2 is 1.89 bits per heavy atom. The molecule has 1 aromatic heterocycles. The number of oxime groups is 1. The normalized spacial score (nSPS) is 20.4. The van der Waals surface area contributed by atoms with Gasteiger partial charge in [0.1, 0.15) is 23.4 Å². The molecule has 0 aliphatic carbocycles. The minimum Gasteiger partial charge on any atom is -0.457 e. The number of β-lactam (4-membered cyclic amide) rings is 1. The van der Waals surface area contributed by atoms with Crippen LogP contribution in [0.15, 0.2) is 10.5 Å². The zero-order chi connectivity index (χ0) is 28.4. The lowest BCUT2D eigenvalue weighted by atomic mass is 9.99. The quantitative estimate of drug-likeness (QED) is 0.0709. The highest BCUT2D eigenvalue weighted by atomic mass is 32.2. The summed E-state index contributed by atoms with van der Waals surface area (Å²) >= 11 is 0.946. The molecule has 208 valence electrons. The Balaban J connectivity index is 1.77. The van der Waals surface area contributed by atoms with Gasteiger partial charge in [0, 0.05) is 18.2 Å². The zero-order valence-corrected chi connectivity index (χ0v) is 21.9. The monoisotopic (exact) mass is 576 g/mol. The lowest BCUT2D eigenvalue weighted by molar-refractivity contribution is -0.195. The first-order valence-corrected chi connectivity index (χ1v) is 13.1. The lowest BCUT2D eigenvalue weighted by Crippen LogP contribution is -2.73. The lowest BCUT2D eigenvalue weighted by Gasteiger charge is -2.43. The molecule has 19 heteroatoms. The predicted molar refractivity (Wildman–Crippen MR) is 126 cm³/mol. The van der Waals surface area contributed by atoms with Gasteiger partial charge in [-0.25, -0.2) is 14.1 Å². The van der Waals surface area contributed by atoms with Gasteiger partial charge >= 0.3 is 16.3 Å². The summed E-state index contributed by atoms with van der Waals surface area (Å²) in [6, 6.07) is -3.13. The fourth-order valence-corrected chi connectivity index (χ4v) is 4.72.